The molecule has 1 N–H and O–H groups in total. The molecule has 0 radical (unpaired) electrons. The average molecular weight is 392 g/mol. The van der Waals surface area contributed by atoms with Crippen molar-refractivity contribution in [3.05, 3.63) is 59.4 Å². The molecule has 0 unspecified atom stereocenters. The number of ether oxygens (including phenoxy) is 2. The third-order valence-electron chi connectivity index (χ3n) is 4.34. The van der Waals surface area contributed by atoms with Gasteiger partial charge in [0, 0.05) is 16.6 Å². The van der Waals surface area contributed by atoms with Crippen molar-refractivity contribution in [1.82, 2.24) is 0 Å². The number of nitrogens with zero attached hydrogens (tertiary/aromatic N) is 1. The molecule has 0 bridgehead atoms. The first kappa shape index (κ1) is 20.0. The van der Waals surface area contributed by atoms with Gasteiger partial charge in [-0.15, -0.1) is 0 Å². The van der Waals surface area contributed by atoms with E-state index in [4.69, 9.17) is 19.2 Å². The van der Waals surface area contributed by atoms with E-state index in [0.29, 0.717) is 34.8 Å². The van der Waals surface area contributed by atoms with Crippen molar-refractivity contribution in [1.29, 1.82) is 5.26 Å². The second-order valence-electron chi connectivity index (χ2n) is 6.37. The molecule has 3 rings (SSSR count). The summed E-state index contributed by atoms with van der Waals surface area (Å²) in [5.41, 5.74) is 2.13. The molecule has 0 saturated heterocycles. The lowest BCUT2D eigenvalue weighted by atomic mass is 10.1. The Morgan fingerprint density at radius 1 is 1.21 bits per heavy atom. The molecule has 148 valence electrons. The Balaban J connectivity index is 1.70. The SMILES string of the molecule is CCOc1ccc2oc(C(=O)O[C@@H](C)C(=O)Nc3ccc(C#N)cc3)c(C)c2c1. The zero-order valence-corrected chi connectivity index (χ0v) is 16.3. The summed E-state index contributed by atoms with van der Waals surface area (Å²) < 4.78 is 16.4. The third kappa shape index (κ3) is 4.38. The first-order valence-electron chi connectivity index (χ1n) is 9.11. The van der Waals surface area contributed by atoms with E-state index < -0.39 is 18.0 Å². The molecule has 0 aliphatic carbocycles. The van der Waals surface area contributed by atoms with Gasteiger partial charge in [-0.1, -0.05) is 0 Å². The molecule has 0 aliphatic rings. The van der Waals surface area contributed by atoms with Gasteiger partial charge in [0.05, 0.1) is 18.2 Å². The van der Waals surface area contributed by atoms with Gasteiger partial charge < -0.3 is 19.2 Å². The number of fused-ring (bicyclic) bond motifs is 1. The van der Waals surface area contributed by atoms with Crippen molar-refractivity contribution >= 4 is 28.5 Å². The average Bonchev–Trinajstić information content (AvgIpc) is 3.05. The van der Waals surface area contributed by atoms with Gasteiger partial charge in [-0.05, 0) is 63.2 Å². The lowest BCUT2D eigenvalue weighted by molar-refractivity contribution is -0.123. The van der Waals surface area contributed by atoms with Crippen LogP contribution in [0.25, 0.3) is 11.0 Å². The molecule has 3 aromatic rings. The Morgan fingerprint density at radius 2 is 1.93 bits per heavy atom. The predicted molar refractivity (Wildman–Crippen MR) is 107 cm³/mol. The highest BCUT2D eigenvalue weighted by Crippen LogP contribution is 2.29. The second-order valence-corrected chi connectivity index (χ2v) is 6.37. The number of hydrogen-bond donors (Lipinski definition) is 1. The summed E-state index contributed by atoms with van der Waals surface area (Å²) in [5, 5.41) is 12.2. The quantitative estimate of drug-likeness (QED) is 0.631. The number of anilines is 1. The lowest BCUT2D eigenvalue weighted by Gasteiger charge is -2.13. The maximum absolute atomic E-state index is 12.5. The van der Waals surface area contributed by atoms with Crippen molar-refractivity contribution in [2.75, 3.05) is 11.9 Å². The monoisotopic (exact) mass is 392 g/mol. The summed E-state index contributed by atoms with van der Waals surface area (Å²) in [7, 11) is 0. The lowest BCUT2D eigenvalue weighted by Crippen LogP contribution is -2.30. The molecule has 0 aliphatic heterocycles. The number of nitrogens with one attached hydrogen (secondary N) is 1. The van der Waals surface area contributed by atoms with Crippen LogP contribution in [-0.2, 0) is 9.53 Å². The van der Waals surface area contributed by atoms with Crippen molar-refractivity contribution < 1.29 is 23.5 Å². The van der Waals surface area contributed by atoms with Gasteiger partial charge in [0.15, 0.2) is 6.10 Å². The van der Waals surface area contributed by atoms with E-state index >= 15 is 0 Å². The summed E-state index contributed by atoms with van der Waals surface area (Å²) in [5.74, 6) is -0.486. The van der Waals surface area contributed by atoms with E-state index in [1.54, 1.807) is 49.4 Å². The number of carbonyl (C=O) groups is 2. The number of benzene rings is 2. The smallest absolute Gasteiger partial charge is 0.375 e. The van der Waals surface area contributed by atoms with Gasteiger partial charge in [-0.25, -0.2) is 4.79 Å². The summed E-state index contributed by atoms with van der Waals surface area (Å²) in [6, 6.07) is 13.7. The Labute approximate surface area is 167 Å². The van der Waals surface area contributed by atoms with E-state index in [-0.39, 0.29) is 5.76 Å². The largest absolute Gasteiger partial charge is 0.494 e. The standard InChI is InChI=1S/C22H20N2O5/c1-4-27-17-9-10-19-18(11-17)13(2)20(29-19)22(26)28-14(3)21(25)24-16-7-5-15(12-23)6-8-16/h5-11,14H,4H2,1-3H3,(H,24,25)/t14-/m0/s1. The summed E-state index contributed by atoms with van der Waals surface area (Å²) in [4.78, 5) is 24.8. The summed E-state index contributed by atoms with van der Waals surface area (Å²) in [6.07, 6.45) is -1.04. The van der Waals surface area contributed by atoms with Crippen LogP contribution >= 0.6 is 0 Å². The van der Waals surface area contributed by atoms with E-state index in [1.165, 1.54) is 6.92 Å². The molecular weight excluding hydrogens is 372 g/mol. The maximum Gasteiger partial charge on any atom is 0.375 e. The van der Waals surface area contributed by atoms with Crippen LogP contribution in [0.5, 0.6) is 5.75 Å². The first-order valence-corrected chi connectivity index (χ1v) is 9.11. The molecule has 1 amide bonds. The fourth-order valence-corrected chi connectivity index (χ4v) is 2.79. The highest BCUT2D eigenvalue weighted by molar-refractivity contribution is 5.99. The molecule has 1 atom stereocenters. The fraction of sp³-hybridized carbons (Fsp3) is 0.227. The number of aryl methyl sites for hydroxylation is 1. The van der Waals surface area contributed by atoms with Crippen LogP contribution in [0.3, 0.4) is 0 Å². The third-order valence-corrected chi connectivity index (χ3v) is 4.34. The van der Waals surface area contributed by atoms with E-state index in [9.17, 15) is 9.59 Å². The molecule has 7 nitrogen and oxygen atoms in total. The maximum atomic E-state index is 12.5. The molecule has 0 saturated carbocycles. The van der Waals surface area contributed by atoms with Gasteiger partial charge in [-0.2, -0.15) is 5.26 Å². The van der Waals surface area contributed by atoms with Crippen LogP contribution in [0, 0.1) is 18.3 Å². The molecule has 1 heterocycles. The molecule has 7 heteroatoms. The number of nitriles is 1. The second kappa shape index (κ2) is 8.48. The number of esters is 1. The highest BCUT2D eigenvalue weighted by atomic mass is 16.6. The fourth-order valence-electron chi connectivity index (χ4n) is 2.79. The van der Waals surface area contributed by atoms with E-state index in [0.717, 1.165) is 5.39 Å². The van der Waals surface area contributed by atoms with Crippen LogP contribution < -0.4 is 10.1 Å². The predicted octanol–water partition coefficient (Wildman–Crippen LogP) is 4.20. The Bertz CT molecular complexity index is 1090. The van der Waals surface area contributed by atoms with Crippen LogP contribution in [0.15, 0.2) is 46.9 Å². The number of rotatable bonds is 6. The molecule has 29 heavy (non-hydrogen) atoms. The molecule has 1 aromatic heterocycles. The summed E-state index contributed by atoms with van der Waals surface area (Å²) in [6.45, 7) is 5.64. The minimum absolute atomic E-state index is 0.0478. The molecule has 0 spiro atoms. The van der Waals surface area contributed by atoms with Crippen LogP contribution in [0.4, 0.5) is 5.69 Å². The number of carbonyl (C=O) groups excluding carboxylic acids is 2. The van der Waals surface area contributed by atoms with Gasteiger partial charge in [0.25, 0.3) is 5.91 Å². The molecular formula is C22H20N2O5. The van der Waals surface area contributed by atoms with E-state index in [1.807, 2.05) is 13.0 Å². The van der Waals surface area contributed by atoms with Crippen LogP contribution in [0.1, 0.15) is 35.5 Å². The van der Waals surface area contributed by atoms with E-state index in [2.05, 4.69) is 5.32 Å². The van der Waals surface area contributed by atoms with Crippen molar-refractivity contribution in [3.8, 4) is 11.8 Å². The highest BCUT2D eigenvalue weighted by Gasteiger charge is 2.24. The zero-order valence-electron chi connectivity index (χ0n) is 16.3. The Morgan fingerprint density at radius 3 is 2.59 bits per heavy atom. The topological polar surface area (TPSA) is 102 Å². The van der Waals surface area contributed by atoms with Crippen molar-refractivity contribution in [2.24, 2.45) is 0 Å². The van der Waals surface area contributed by atoms with Crippen LogP contribution in [0.2, 0.25) is 0 Å². The normalized spacial score (nSPS) is 11.5. The number of furan rings is 1. The Kier molecular flexibility index (Phi) is 5.84. The molecule has 2 aromatic carbocycles. The Hall–Kier alpha value is -3.79. The number of amides is 1. The van der Waals surface area contributed by atoms with Crippen molar-refractivity contribution in [2.45, 2.75) is 26.9 Å². The minimum atomic E-state index is -1.04. The summed E-state index contributed by atoms with van der Waals surface area (Å²) >= 11 is 0. The van der Waals surface area contributed by atoms with Crippen LogP contribution in [-0.4, -0.2) is 24.6 Å². The van der Waals surface area contributed by atoms with Gasteiger partial charge >= 0.3 is 5.97 Å². The zero-order chi connectivity index (χ0) is 21.0. The van der Waals surface area contributed by atoms with Gasteiger partial charge in [0.1, 0.15) is 11.3 Å². The molecule has 0 fully saturated rings. The van der Waals surface area contributed by atoms with Crippen molar-refractivity contribution in [3.63, 3.8) is 0 Å². The van der Waals surface area contributed by atoms with Gasteiger partial charge in [-0.3, -0.25) is 4.79 Å². The minimum Gasteiger partial charge on any atom is -0.494 e. The first-order chi connectivity index (χ1) is 13.9. The van der Waals surface area contributed by atoms with Gasteiger partial charge in [0.2, 0.25) is 5.76 Å². The number of hydrogen-bond acceptors (Lipinski definition) is 6.